The van der Waals surface area contributed by atoms with Crippen LogP contribution in [0.5, 0.6) is 5.75 Å². The van der Waals surface area contributed by atoms with E-state index in [1.807, 2.05) is 42.3 Å². The fraction of sp³-hybridized carbons (Fsp3) is 0.263. The number of ether oxygens (including phenoxy) is 1. The van der Waals surface area contributed by atoms with Crippen LogP contribution in [0.2, 0.25) is 15.1 Å². The number of nitro benzene ring substituents is 1. The van der Waals surface area contributed by atoms with Crippen LogP contribution in [0, 0.1) is 10.1 Å². The lowest BCUT2D eigenvalue weighted by atomic mass is 9.76. The quantitative estimate of drug-likeness (QED) is 0.315. The van der Waals surface area contributed by atoms with Gasteiger partial charge in [-0.05, 0) is 37.6 Å². The highest BCUT2D eigenvalue weighted by Crippen LogP contribution is 2.57. The highest BCUT2D eigenvalue weighted by molar-refractivity contribution is 6.47. The van der Waals surface area contributed by atoms with Crippen LogP contribution in [-0.2, 0) is 5.41 Å². The van der Waals surface area contributed by atoms with E-state index in [2.05, 4.69) is 13.8 Å². The summed E-state index contributed by atoms with van der Waals surface area (Å²) in [5.74, 6) is 0.160. The predicted octanol–water partition coefficient (Wildman–Crippen LogP) is 6.08. The minimum atomic E-state index is -0.918. The molecule has 0 N–H and O–H groups in total. The zero-order chi connectivity index (χ0) is 19.7. The second-order valence-electron chi connectivity index (χ2n) is 7.12. The van der Waals surface area contributed by atoms with Gasteiger partial charge in [-0.2, -0.15) is 0 Å². The number of fused-ring (bicyclic) bond motifs is 2. The van der Waals surface area contributed by atoms with Gasteiger partial charge in [-0.15, -0.1) is 0 Å². The Morgan fingerprint density at radius 1 is 1.11 bits per heavy atom. The van der Waals surface area contributed by atoms with Crippen molar-refractivity contribution in [3.05, 3.63) is 66.7 Å². The lowest BCUT2D eigenvalue weighted by Gasteiger charge is -2.46. The number of hydrogen-bond donors (Lipinski definition) is 0. The number of halogens is 3. The Labute approximate surface area is 171 Å². The van der Waals surface area contributed by atoms with E-state index in [0.717, 1.165) is 11.3 Å². The molecule has 2 heterocycles. The van der Waals surface area contributed by atoms with Crippen molar-refractivity contribution in [2.75, 3.05) is 11.9 Å². The summed E-state index contributed by atoms with van der Waals surface area (Å²) in [5, 5.41) is 11.1. The molecule has 0 saturated heterocycles. The lowest BCUT2D eigenvalue weighted by Crippen LogP contribution is -2.58. The van der Waals surface area contributed by atoms with E-state index in [1.165, 1.54) is 0 Å². The van der Waals surface area contributed by atoms with Crippen molar-refractivity contribution in [1.29, 1.82) is 0 Å². The van der Waals surface area contributed by atoms with Crippen molar-refractivity contribution in [3.8, 4) is 5.75 Å². The number of hydrogen-bond acceptors (Lipinski definition) is 4. The minimum Gasteiger partial charge on any atom is -0.461 e. The average Bonchev–Trinajstić information content (AvgIpc) is 2.79. The molecule has 0 saturated carbocycles. The molecule has 0 fully saturated rings. The van der Waals surface area contributed by atoms with E-state index >= 15 is 0 Å². The van der Waals surface area contributed by atoms with E-state index in [0.29, 0.717) is 5.56 Å². The molecule has 1 unspecified atom stereocenters. The zero-order valence-electron chi connectivity index (χ0n) is 14.7. The van der Waals surface area contributed by atoms with E-state index in [1.54, 1.807) is 6.08 Å². The molecule has 4 rings (SSSR count). The maximum Gasteiger partial charge on any atom is 0.311 e. The third kappa shape index (κ3) is 2.19. The molecule has 2 aliphatic rings. The number of para-hydroxylation sites is 1. The van der Waals surface area contributed by atoms with Crippen LogP contribution in [0.25, 0.3) is 6.08 Å². The minimum absolute atomic E-state index is 0.0461. The summed E-state index contributed by atoms with van der Waals surface area (Å²) in [6.45, 7) is 4.12. The SMILES string of the molecule is CN1c2ccccc2C(C)(C)C12C=Cc1c(Cl)c(Cl)c([N+](=O)[O-])c(Cl)c1O2. The zero-order valence-corrected chi connectivity index (χ0v) is 17.0. The molecule has 140 valence electrons. The summed E-state index contributed by atoms with van der Waals surface area (Å²) in [5.41, 5.74) is 0.717. The third-order valence-electron chi connectivity index (χ3n) is 5.54. The lowest BCUT2D eigenvalue weighted by molar-refractivity contribution is -0.384. The molecule has 2 aromatic carbocycles. The normalized spacial score (nSPS) is 21.8. The van der Waals surface area contributed by atoms with Gasteiger partial charge >= 0.3 is 5.69 Å². The van der Waals surface area contributed by atoms with Gasteiger partial charge in [0.1, 0.15) is 5.02 Å². The van der Waals surface area contributed by atoms with Crippen molar-refractivity contribution < 1.29 is 9.66 Å². The highest BCUT2D eigenvalue weighted by atomic mass is 35.5. The van der Waals surface area contributed by atoms with Gasteiger partial charge in [0.25, 0.3) is 0 Å². The first-order valence-electron chi connectivity index (χ1n) is 8.20. The number of anilines is 1. The Hall–Kier alpha value is -1.95. The Kier molecular flexibility index (Phi) is 3.94. The summed E-state index contributed by atoms with van der Waals surface area (Å²) in [7, 11) is 1.92. The predicted molar refractivity (Wildman–Crippen MR) is 108 cm³/mol. The molecule has 8 heteroatoms. The average molecular weight is 426 g/mol. The van der Waals surface area contributed by atoms with E-state index < -0.39 is 21.8 Å². The van der Waals surface area contributed by atoms with Crippen LogP contribution in [0.15, 0.2) is 30.3 Å². The monoisotopic (exact) mass is 424 g/mol. The number of rotatable bonds is 1. The maximum absolute atomic E-state index is 11.5. The van der Waals surface area contributed by atoms with E-state index in [9.17, 15) is 10.1 Å². The third-order valence-corrected chi connectivity index (χ3v) is 6.75. The number of nitro groups is 1. The van der Waals surface area contributed by atoms with Crippen LogP contribution in [0.1, 0.15) is 25.0 Å². The fourth-order valence-electron chi connectivity index (χ4n) is 4.04. The molecule has 0 bridgehead atoms. The number of nitrogens with zero attached hydrogens (tertiary/aromatic N) is 2. The molecule has 0 amide bonds. The first kappa shape index (κ1) is 18.4. The molecule has 5 nitrogen and oxygen atoms in total. The standard InChI is InChI=1S/C19H15Cl3N2O3/c1-18(2)11-6-4-5-7-12(11)23(3)19(18)9-8-10-13(20)14(21)16(24(25)26)15(22)17(10)27-19/h4-9H,1-3H3. The van der Waals surface area contributed by atoms with Gasteiger partial charge in [0.2, 0.25) is 5.72 Å². The van der Waals surface area contributed by atoms with Crippen LogP contribution >= 0.6 is 34.8 Å². The van der Waals surface area contributed by atoms with Gasteiger partial charge in [-0.25, -0.2) is 0 Å². The Morgan fingerprint density at radius 3 is 2.41 bits per heavy atom. The van der Waals surface area contributed by atoms with Gasteiger partial charge in [0, 0.05) is 18.3 Å². The molecule has 2 aromatic rings. The van der Waals surface area contributed by atoms with E-state index in [4.69, 9.17) is 39.5 Å². The maximum atomic E-state index is 11.5. The number of likely N-dealkylation sites (N-methyl/N-ethyl adjacent to an activating group) is 1. The van der Waals surface area contributed by atoms with Gasteiger partial charge in [0.15, 0.2) is 10.8 Å². The molecular formula is C19H15Cl3N2O3. The molecule has 27 heavy (non-hydrogen) atoms. The van der Waals surface area contributed by atoms with Crippen LogP contribution < -0.4 is 9.64 Å². The molecule has 0 aromatic heterocycles. The fourth-order valence-corrected chi connectivity index (χ4v) is 4.90. The smallest absolute Gasteiger partial charge is 0.311 e. The molecule has 1 spiro atoms. The van der Waals surface area contributed by atoms with Crippen molar-refractivity contribution >= 4 is 52.3 Å². The summed E-state index contributed by atoms with van der Waals surface area (Å²) in [6.07, 6.45) is 3.67. The van der Waals surface area contributed by atoms with Crippen molar-refractivity contribution in [2.45, 2.75) is 25.0 Å². The summed E-state index contributed by atoms with van der Waals surface area (Å²) in [6, 6.07) is 7.99. The topological polar surface area (TPSA) is 55.6 Å². The van der Waals surface area contributed by atoms with E-state index in [-0.39, 0.29) is 20.8 Å². The van der Waals surface area contributed by atoms with Crippen molar-refractivity contribution in [1.82, 2.24) is 0 Å². The van der Waals surface area contributed by atoms with Crippen molar-refractivity contribution in [3.63, 3.8) is 0 Å². The summed E-state index contributed by atoms with van der Waals surface area (Å²) in [4.78, 5) is 12.8. The first-order chi connectivity index (χ1) is 12.6. The van der Waals surface area contributed by atoms with Crippen LogP contribution in [0.4, 0.5) is 11.4 Å². The molecule has 0 radical (unpaired) electrons. The summed E-state index contributed by atoms with van der Waals surface area (Å²) >= 11 is 18.7. The van der Waals surface area contributed by atoms with Crippen LogP contribution in [0.3, 0.4) is 0 Å². The Bertz CT molecular complexity index is 1040. The van der Waals surface area contributed by atoms with Gasteiger partial charge < -0.3 is 9.64 Å². The largest absolute Gasteiger partial charge is 0.461 e. The van der Waals surface area contributed by atoms with Crippen molar-refractivity contribution in [2.24, 2.45) is 0 Å². The molecule has 0 aliphatic carbocycles. The van der Waals surface area contributed by atoms with Gasteiger partial charge in [0.05, 0.1) is 15.4 Å². The molecule has 2 aliphatic heterocycles. The first-order valence-corrected chi connectivity index (χ1v) is 9.33. The van der Waals surface area contributed by atoms with Crippen LogP contribution in [-0.4, -0.2) is 17.7 Å². The Balaban J connectivity index is 1.97. The number of benzene rings is 2. The second kappa shape index (κ2) is 5.77. The molecule has 1 atom stereocenters. The highest BCUT2D eigenvalue weighted by Gasteiger charge is 2.58. The van der Waals surface area contributed by atoms with Gasteiger partial charge in [-0.1, -0.05) is 53.0 Å². The second-order valence-corrected chi connectivity index (χ2v) is 8.26. The van der Waals surface area contributed by atoms with Gasteiger partial charge in [-0.3, -0.25) is 10.1 Å². The summed E-state index contributed by atoms with van der Waals surface area (Å²) < 4.78 is 6.41. The molecular weight excluding hydrogens is 411 g/mol. The Morgan fingerprint density at radius 2 is 1.78 bits per heavy atom.